The highest BCUT2D eigenvalue weighted by molar-refractivity contribution is 6.31. The molecule has 0 N–H and O–H groups in total. The lowest BCUT2D eigenvalue weighted by atomic mass is 10.1. The largest absolute Gasteiger partial charge is 0.486 e. The van der Waals surface area contributed by atoms with Crippen molar-refractivity contribution in [1.29, 1.82) is 0 Å². The van der Waals surface area contributed by atoms with Crippen molar-refractivity contribution < 1.29 is 4.74 Å². The molecular weight excluding hydrogens is 439 g/mol. The van der Waals surface area contributed by atoms with Crippen LogP contribution in [0.3, 0.4) is 0 Å². The zero-order chi connectivity index (χ0) is 22.3. The van der Waals surface area contributed by atoms with Crippen molar-refractivity contribution in [2.24, 2.45) is 0 Å². The highest BCUT2D eigenvalue weighted by Gasteiger charge is 2.20. The third kappa shape index (κ3) is 6.49. The van der Waals surface area contributed by atoms with Crippen LogP contribution in [-0.2, 0) is 6.54 Å². The summed E-state index contributed by atoms with van der Waals surface area (Å²) in [5.74, 6) is 0.838. The number of halogens is 2. The molecule has 3 aromatic rings. The van der Waals surface area contributed by atoms with Crippen LogP contribution in [0.5, 0.6) is 5.75 Å². The second-order valence-electron chi connectivity index (χ2n) is 8.46. The highest BCUT2D eigenvalue weighted by Crippen LogP contribution is 2.29. The van der Waals surface area contributed by atoms with Crippen LogP contribution < -0.4 is 4.74 Å². The Labute approximate surface area is 201 Å². The molecule has 32 heavy (non-hydrogen) atoms. The molecule has 1 heterocycles. The summed E-state index contributed by atoms with van der Waals surface area (Å²) in [6.07, 6.45) is 0.845. The fourth-order valence-electron chi connectivity index (χ4n) is 4.17. The Hall–Kier alpha value is -2.04. The van der Waals surface area contributed by atoms with Crippen LogP contribution in [0.25, 0.3) is 0 Å². The third-order valence-corrected chi connectivity index (χ3v) is 6.71. The maximum atomic E-state index is 6.43. The summed E-state index contributed by atoms with van der Waals surface area (Å²) in [4.78, 5) is 5.07. The van der Waals surface area contributed by atoms with E-state index in [2.05, 4.69) is 46.2 Å². The average Bonchev–Trinajstić information content (AvgIpc) is 2.80. The Bertz CT molecular complexity index is 1000. The Balaban J connectivity index is 1.35. The maximum absolute atomic E-state index is 6.43. The van der Waals surface area contributed by atoms with Crippen molar-refractivity contribution in [2.45, 2.75) is 26.0 Å². The minimum absolute atomic E-state index is 0.0587. The molecule has 1 aliphatic heterocycles. The van der Waals surface area contributed by atoms with E-state index < -0.39 is 0 Å². The van der Waals surface area contributed by atoms with E-state index in [-0.39, 0.29) is 6.10 Å². The van der Waals surface area contributed by atoms with Crippen LogP contribution in [-0.4, -0.2) is 42.5 Å². The molecule has 0 saturated carbocycles. The number of aryl methyl sites for hydroxylation is 1. The zero-order valence-electron chi connectivity index (χ0n) is 18.5. The monoisotopic (exact) mass is 468 g/mol. The van der Waals surface area contributed by atoms with Gasteiger partial charge in [0, 0.05) is 55.7 Å². The van der Waals surface area contributed by atoms with Crippen LogP contribution >= 0.6 is 23.2 Å². The van der Waals surface area contributed by atoms with Gasteiger partial charge in [-0.1, -0.05) is 65.7 Å². The van der Waals surface area contributed by atoms with Gasteiger partial charge in [0.2, 0.25) is 0 Å². The van der Waals surface area contributed by atoms with Crippen molar-refractivity contribution in [3.05, 3.63) is 99.5 Å². The molecule has 0 radical (unpaired) electrons. The lowest BCUT2D eigenvalue weighted by Crippen LogP contribution is -2.46. The number of piperazine rings is 1. The maximum Gasteiger partial charge on any atom is 0.125 e. The van der Waals surface area contributed by atoms with E-state index in [1.165, 1.54) is 5.56 Å². The first kappa shape index (κ1) is 23.1. The van der Waals surface area contributed by atoms with Gasteiger partial charge in [-0.05, 0) is 53.9 Å². The molecule has 5 heteroatoms. The van der Waals surface area contributed by atoms with Gasteiger partial charge < -0.3 is 9.64 Å². The van der Waals surface area contributed by atoms with Gasteiger partial charge in [0.05, 0.1) is 0 Å². The summed E-state index contributed by atoms with van der Waals surface area (Å²) < 4.78 is 6.43. The van der Waals surface area contributed by atoms with Crippen LogP contribution in [0.15, 0.2) is 72.8 Å². The van der Waals surface area contributed by atoms with Crippen molar-refractivity contribution in [3.8, 4) is 5.75 Å². The van der Waals surface area contributed by atoms with E-state index in [1.54, 1.807) is 0 Å². The first-order chi connectivity index (χ1) is 15.6. The van der Waals surface area contributed by atoms with Gasteiger partial charge in [-0.2, -0.15) is 0 Å². The van der Waals surface area contributed by atoms with Crippen molar-refractivity contribution in [2.75, 3.05) is 32.7 Å². The second-order valence-corrected chi connectivity index (χ2v) is 9.31. The summed E-state index contributed by atoms with van der Waals surface area (Å²) in [5, 5.41) is 1.49. The summed E-state index contributed by atoms with van der Waals surface area (Å²) in [6, 6.07) is 24.5. The van der Waals surface area contributed by atoms with Crippen molar-refractivity contribution in [3.63, 3.8) is 0 Å². The quantitative estimate of drug-likeness (QED) is 0.368. The van der Waals surface area contributed by atoms with Crippen LogP contribution in [0, 0.1) is 6.92 Å². The predicted molar refractivity (Wildman–Crippen MR) is 134 cm³/mol. The molecule has 0 aromatic heterocycles. The smallest absolute Gasteiger partial charge is 0.125 e. The zero-order valence-corrected chi connectivity index (χ0v) is 20.0. The van der Waals surface area contributed by atoms with Crippen LogP contribution in [0.4, 0.5) is 0 Å². The van der Waals surface area contributed by atoms with Crippen molar-refractivity contribution >= 4 is 23.2 Å². The van der Waals surface area contributed by atoms with E-state index >= 15 is 0 Å². The van der Waals surface area contributed by atoms with E-state index in [1.807, 2.05) is 43.3 Å². The summed E-state index contributed by atoms with van der Waals surface area (Å²) in [7, 11) is 0. The lowest BCUT2D eigenvalue weighted by molar-refractivity contribution is 0.107. The van der Waals surface area contributed by atoms with Gasteiger partial charge in [0.15, 0.2) is 0 Å². The fraction of sp³-hybridized carbons (Fsp3) is 0.333. The van der Waals surface area contributed by atoms with Gasteiger partial charge in [-0.25, -0.2) is 0 Å². The molecule has 0 amide bonds. The molecule has 3 nitrogen and oxygen atoms in total. The van der Waals surface area contributed by atoms with E-state index in [9.17, 15) is 0 Å². The average molecular weight is 469 g/mol. The van der Waals surface area contributed by atoms with Crippen LogP contribution in [0.1, 0.15) is 29.2 Å². The Kier molecular flexibility index (Phi) is 8.10. The molecule has 1 unspecified atom stereocenters. The van der Waals surface area contributed by atoms with Gasteiger partial charge >= 0.3 is 0 Å². The fourth-order valence-corrected chi connectivity index (χ4v) is 4.48. The summed E-state index contributed by atoms with van der Waals surface area (Å²) in [6.45, 7) is 8.35. The molecule has 0 bridgehead atoms. The molecular formula is C27H30Cl2N2O. The topological polar surface area (TPSA) is 15.7 Å². The Morgan fingerprint density at radius 2 is 1.59 bits per heavy atom. The predicted octanol–water partition coefficient (Wildman–Crippen LogP) is 6.63. The van der Waals surface area contributed by atoms with Gasteiger partial charge in [0.25, 0.3) is 0 Å². The SMILES string of the molecule is Cc1cc(OC(CCN2CCN(Cc3ccccc3)CC2)c2cccc(Cl)c2)ccc1Cl. The molecule has 0 spiro atoms. The highest BCUT2D eigenvalue weighted by atomic mass is 35.5. The number of nitrogens with zero attached hydrogens (tertiary/aromatic N) is 2. The molecule has 1 atom stereocenters. The van der Waals surface area contributed by atoms with Gasteiger partial charge in [-0.3, -0.25) is 4.90 Å². The number of ether oxygens (including phenoxy) is 1. The first-order valence-corrected chi connectivity index (χ1v) is 12.0. The third-order valence-electron chi connectivity index (χ3n) is 6.05. The van der Waals surface area contributed by atoms with E-state index in [0.29, 0.717) is 0 Å². The molecule has 3 aromatic carbocycles. The molecule has 1 saturated heterocycles. The minimum atomic E-state index is -0.0587. The molecule has 4 rings (SSSR count). The summed E-state index contributed by atoms with van der Waals surface area (Å²) in [5.41, 5.74) is 3.50. The molecule has 168 valence electrons. The van der Waals surface area contributed by atoms with Gasteiger partial charge in [-0.15, -0.1) is 0 Å². The lowest BCUT2D eigenvalue weighted by Gasteiger charge is -2.35. The van der Waals surface area contributed by atoms with E-state index in [4.69, 9.17) is 27.9 Å². The number of hydrogen-bond donors (Lipinski definition) is 0. The number of rotatable bonds is 8. The summed E-state index contributed by atoms with van der Waals surface area (Å²) >= 11 is 12.5. The normalized spacial score (nSPS) is 16.1. The Morgan fingerprint density at radius 3 is 2.31 bits per heavy atom. The second kappa shape index (κ2) is 11.2. The van der Waals surface area contributed by atoms with Gasteiger partial charge in [0.1, 0.15) is 11.9 Å². The van der Waals surface area contributed by atoms with Crippen LogP contribution in [0.2, 0.25) is 10.0 Å². The van der Waals surface area contributed by atoms with Crippen molar-refractivity contribution in [1.82, 2.24) is 9.80 Å². The molecule has 0 aliphatic carbocycles. The minimum Gasteiger partial charge on any atom is -0.486 e. The first-order valence-electron chi connectivity index (χ1n) is 11.2. The molecule has 1 aliphatic rings. The van der Waals surface area contributed by atoms with E-state index in [0.717, 1.165) is 72.6 Å². The number of benzene rings is 3. The Morgan fingerprint density at radius 1 is 0.844 bits per heavy atom. The number of hydrogen-bond acceptors (Lipinski definition) is 3. The molecule has 1 fully saturated rings. The standard InChI is InChI=1S/C27H30Cl2N2O/c1-21-18-25(10-11-26(21)29)32-27(23-8-5-9-24(28)19-23)12-13-30-14-16-31(17-15-30)20-22-6-3-2-4-7-22/h2-11,18-19,27H,12-17,20H2,1H3.